The zero-order chi connectivity index (χ0) is 16.1. The van der Waals surface area contributed by atoms with Crippen LogP contribution in [-0.4, -0.2) is 23.0 Å². The standard InChI is InChI=1S/C16H15ClN2O3/c1-10(18-16(22)11-5-3-2-4-6-11)15(21)19-13-9-12(17)7-8-14(13)20/h2-10,20H,1H3,(H,18,22)(H,19,21)/t10-/m1/s1. The summed E-state index contributed by atoms with van der Waals surface area (Å²) < 4.78 is 0. The Labute approximate surface area is 132 Å². The van der Waals surface area contributed by atoms with Crippen LogP contribution in [0.15, 0.2) is 48.5 Å². The van der Waals surface area contributed by atoms with Gasteiger partial charge in [-0.25, -0.2) is 0 Å². The molecule has 0 saturated carbocycles. The minimum atomic E-state index is -0.772. The fraction of sp³-hybridized carbons (Fsp3) is 0.125. The number of phenolic OH excluding ortho intramolecular Hbond substituents is 1. The van der Waals surface area contributed by atoms with Crippen molar-refractivity contribution in [1.29, 1.82) is 0 Å². The highest BCUT2D eigenvalue weighted by atomic mass is 35.5. The molecule has 2 amide bonds. The molecule has 0 aliphatic heterocycles. The summed E-state index contributed by atoms with van der Waals surface area (Å²) in [6, 6.07) is 12.1. The number of halogens is 1. The summed E-state index contributed by atoms with van der Waals surface area (Å²) in [5, 5.41) is 15.2. The molecule has 0 unspecified atom stereocenters. The molecule has 0 radical (unpaired) electrons. The molecule has 5 nitrogen and oxygen atoms in total. The van der Waals surface area contributed by atoms with Crippen LogP contribution in [0.2, 0.25) is 5.02 Å². The van der Waals surface area contributed by atoms with Crippen molar-refractivity contribution in [3.05, 3.63) is 59.1 Å². The number of hydrogen-bond donors (Lipinski definition) is 3. The lowest BCUT2D eigenvalue weighted by molar-refractivity contribution is -0.117. The predicted octanol–water partition coefficient (Wildman–Crippen LogP) is 2.80. The van der Waals surface area contributed by atoms with Gasteiger partial charge in [-0.05, 0) is 37.3 Å². The van der Waals surface area contributed by atoms with Crippen molar-refractivity contribution >= 4 is 29.1 Å². The van der Waals surface area contributed by atoms with Crippen molar-refractivity contribution in [3.63, 3.8) is 0 Å². The molecular formula is C16H15ClN2O3. The Hall–Kier alpha value is -2.53. The SMILES string of the molecule is C[C@@H](NC(=O)c1ccccc1)C(=O)Nc1cc(Cl)ccc1O. The smallest absolute Gasteiger partial charge is 0.251 e. The van der Waals surface area contributed by atoms with Gasteiger partial charge in [0.05, 0.1) is 5.69 Å². The Bertz CT molecular complexity index is 689. The Morgan fingerprint density at radius 2 is 1.82 bits per heavy atom. The fourth-order valence-electron chi connectivity index (χ4n) is 1.78. The zero-order valence-corrected chi connectivity index (χ0v) is 12.6. The van der Waals surface area contributed by atoms with E-state index >= 15 is 0 Å². The molecule has 0 spiro atoms. The Morgan fingerprint density at radius 3 is 2.50 bits per heavy atom. The summed E-state index contributed by atoms with van der Waals surface area (Å²) in [5.41, 5.74) is 0.658. The van der Waals surface area contributed by atoms with Crippen LogP contribution in [0.4, 0.5) is 5.69 Å². The number of carbonyl (C=O) groups excluding carboxylic acids is 2. The summed E-state index contributed by atoms with van der Waals surface area (Å²) in [4.78, 5) is 24.0. The van der Waals surface area contributed by atoms with Gasteiger partial charge < -0.3 is 15.7 Å². The van der Waals surface area contributed by atoms with Gasteiger partial charge in [-0.3, -0.25) is 9.59 Å². The van der Waals surface area contributed by atoms with Crippen LogP contribution < -0.4 is 10.6 Å². The van der Waals surface area contributed by atoms with Crippen molar-refractivity contribution in [3.8, 4) is 5.75 Å². The van der Waals surface area contributed by atoms with Gasteiger partial charge in [0.15, 0.2) is 0 Å². The highest BCUT2D eigenvalue weighted by Crippen LogP contribution is 2.26. The molecule has 0 aliphatic rings. The van der Waals surface area contributed by atoms with Crippen LogP contribution in [0, 0.1) is 0 Å². The number of rotatable bonds is 4. The highest BCUT2D eigenvalue weighted by molar-refractivity contribution is 6.31. The molecule has 0 aromatic heterocycles. The van der Waals surface area contributed by atoms with Crippen LogP contribution in [-0.2, 0) is 4.79 Å². The van der Waals surface area contributed by atoms with Crippen molar-refractivity contribution in [2.45, 2.75) is 13.0 Å². The van der Waals surface area contributed by atoms with E-state index in [-0.39, 0.29) is 17.3 Å². The second kappa shape index (κ2) is 6.95. The number of anilines is 1. The lowest BCUT2D eigenvalue weighted by Gasteiger charge is -2.15. The van der Waals surface area contributed by atoms with Gasteiger partial charge in [0, 0.05) is 10.6 Å². The Kier molecular flexibility index (Phi) is 5.01. The zero-order valence-electron chi connectivity index (χ0n) is 11.8. The normalized spacial score (nSPS) is 11.5. The first-order chi connectivity index (χ1) is 10.5. The van der Waals surface area contributed by atoms with E-state index in [1.54, 1.807) is 37.3 Å². The van der Waals surface area contributed by atoms with E-state index < -0.39 is 11.9 Å². The summed E-state index contributed by atoms with van der Waals surface area (Å²) in [5.74, 6) is -0.903. The van der Waals surface area contributed by atoms with Crippen LogP contribution in [0.5, 0.6) is 5.75 Å². The molecule has 6 heteroatoms. The molecule has 0 bridgehead atoms. The molecule has 3 N–H and O–H groups in total. The lowest BCUT2D eigenvalue weighted by Crippen LogP contribution is -2.41. The van der Waals surface area contributed by atoms with Gasteiger partial charge >= 0.3 is 0 Å². The van der Waals surface area contributed by atoms with Gasteiger partial charge in [0.25, 0.3) is 5.91 Å². The number of carbonyl (C=O) groups is 2. The molecule has 2 aromatic rings. The maximum Gasteiger partial charge on any atom is 0.251 e. The first-order valence-corrected chi connectivity index (χ1v) is 7.00. The van der Waals surface area contributed by atoms with Crippen LogP contribution in [0.25, 0.3) is 0 Å². The second-order valence-corrected chi connectivity index (χ2v) is 5.15. The molecule has 0 saturated heterocycles. The molecule has 114 valence electrons. The predicted molar refractivity (Wildman–Crippen MR) is 85.1 cm³/mol. The van der Waals surface area contributed by atoms with Gasteiger partial charge in [0.2, 0.25) is 5.91 Å². The molecule has 0 heterocycles. The van der Waals surface area contributed by atoms with E-state index in [0.29, 0.717) is 10.6 Å². The van der Waals surface area contributed by atoms with Gasteiger partial charge in [-0.2, -0.15) is 0 Å². The van der Waals surface area contributed by atoms with E-state index in [1.807, 2.05) is 0 Å². The van der Waals surface area contributed by atoms with Crippen LogP contribution in [0.3, 0.4) is 0 Å². The maximum absolute atomic E-state index is 12.1. The monoisotopic (exact) mass is 318 g/mol. The lowest BCUT2D eigenvalue weighted by atomic mass is 10.2. The first kappa shape index (κ1) is 15.9. The molecule has 2 aromatic carbocycles. The number of nitrogens with one attached hydrogen (secondary N) is 2. The molecule has 0 aliphatic carbocycles. The molecule has 2 rings (SSSR count). The topological polar surface area (TPSA) is 78.4 Å². The molecule has 0 fully saturated rings. The minimum Gasteiger partial charge on any atom is -0.506 e. The van der Waals surface area contributed by atoms with E-state index in [0.717, 1.165) is 0 Å². The van der Waals surface area contributed by atoms with Crippen molar-refractivity contribution in [1.82, 2.24) is 5.32 Å². The van der Waals surface area contributed by atoms with E-state index in [2.05, 4.69) is 10.6 Å². The number of hydrogen-bond acceptors (Lipinski definition) is 3. The maximum atomic E-state index is 12.1. The molecular weight excluding hydrogens is 304 g/mol. The summed E-state index contributed by atoms with van der Waals surface area (Å²) in [6.45, 7) is 1.55. The number of phenols is 1. The third kappa shape index (κ3) is 3.99. The number of amides is 2. The van der Waals surface area contributed by atoms with Gasteiger partial charge in [-0.15, -0.1) is 0 Å². The second-order valence-electron chi connectivity index (χ2n) is 4.71. The third-order valence-electron chi connectivity index (χ3n) is 2.99. The largest absolute Gasteiger partial charge is 0.506 e. The first-order valence-electron chi connectivity index (χ1n) is 6.62. The Balaban J connectivity index is 2.00. The number of benzene rings is 2. The van der Waals surface area contributed by atoms with Crippen LogP contribution >= 0.6 is 11.6 Å². The van der Waals surface area contributed by atoms with Gasteiger partial charge in [-0.1, -0.05) is 29.8 Å². The van der Waals surface area contributed by atoms with Gasteiger partial charge in [0.1, 0.15) is 11.8 Å². The molecule has 22 heavy (non-hydrogen) atoms. The average molecular weight is 319 g/mol. The van der Waals surface area contributed by atoms with Crippen molar-refractivity contribution < 1.29 is 14.7 Å². The van der Waals surface area contributed by atoms with E-state index in [4.69, 9.17) is 11.6 Å². The summed E-state index contributed by atoms with van der Waals surface area (Å²) in [7, 11) is 0. The average Bonchev–Trinajstić information content (AvgIpc) is 2.51. The van der Waals surface area contributed by atoms with Crippen molar-refractivity contribution in [2.75, 3.05) is 5.32 Å². The quantitative estimate of drug-likeness (QED) is 0.758. The van der Waals surface area contributed by atoms with Crippen molar-refractivity contribution in [2.24, 2.45) is 0 Å². The Morgan fingerprint density at radius 1 is 1.14 bits per heavy atom. The third-order valence-corrected chi connectivity index (χ3v) is 3.23. The minimum absolute atomic E-state index is 0.0978. The highest BCUT2D eigenvalue weighted by Gasteiger charge is 2.17. The molecule has 1 atom stereocenters. The summed E-state index contributed by atoms with van der Waals surface area (Å²) in [6.07, 6.45) is 0. The fourth-order valence-corrected chi connectivity index (χ4v) is 1.96. The van der Waals surface area contributed by atoms with E-state index in [9.17, 15) is 14.7 Å². The summed E-state index contributed by atoms with van der Waals surface area (Å²) >= 11 is 5.81. The van der Waals surface area contributed by atoms with Crippen LogP contribution in [0.1, 0.15) is 17.3 Å². The van der Waals surface area contributed by atoms with E-state index in [1.165, 1.54) is 18.2 Å². The number of aromatic hydroxyl groups is 1.